The quantitative estimate of drug-likeness (QED) is 0.391. The van der Waals surface area contributed by atoms with Crippen LogP contribution in [0.3, 0.4) is 0 Å². The van der Waals surface area contributed by atoms with Crippen molar-refractivity contribution >= 4 is 23.7 Å². The summed E-state index contributed by atoms with van der Waals surface area (Å²) in [7, 11) is 0. The Kier molecular flexibility index (Phi) is 6.11. The number of amides is 2. The van der Waals surface area contributed by atoms with E-state index in [9.17, 15) is 14.0 Å². The van der Waals surface area contributed by atoms with Crippen molar-refractivity contribution in [1.29, 1.82) is 0 Å². The van der Waals surface area contributed by atoms with E-state index < -0.39 is 11.8 Å². The minimum Gasteiger partial charge on any atom is -0.318 e. The molecule has 3 aromatic rings. The van der Waals surface area contributed by atoms with Crippen molar-refractivity contribution in [2.45, 2.75) is 27.7 Å². The van der Waals surface area contributed by atoms with Gasteiger partial charge in [0.25, 0.3) is 0 Å². The summed E-state index contributed by atoms with van der Waals surface area (Å²) in [4.78, 5) is 24.2. The van der Waals surface area contributed by atoms with Gasteiger partial charge in [-0.15, -0.1) is 0 Å². The third-order valence-electron chi connectivity index (χ3n) is 4.77. The summed E-state index contributed by atoms with van der Waals surface area (Å²) in [5.74, 6) is -1.96. The summed E-state index contributed by atoms with van der Waals surface area (Å²) < 4.78 is 15.1. The first kappa shape index (κ1) is 21.0. The molecule has 0 spiro atoms. The van der Waals surface area contributed by atoms with Gasteiger partial charge in [0.05, 0.1) is 6.21 Å². The number of hydrogen-bond acceptors (Lipinski definition) is 3. The Balaban J connectivity index is 1.68. The van der Waals surface area contributed by atoms with Crippen molar-refractivity contribution in [2.24, 2.45) is 5.10 Å². The predicted octanol–water partition coefficient (Wildman–Crippen LogP) is 3.94. The van der Waals surface area contributed by atoms with Crippen LogP contribution >= 0.6 is 0 Å². The monoisotopic (exact) mass is 406 g/mol. The summed E-state index contributed by atoms with van der Waals surface area (Å²) in [6.45, 7) is 7.57. The highest BCUT2D eigenvalue weighted by Gasteiger charge is 2.14. The molecular formula is C23H23FN4O2. The van der Waals surface area contributed by atoms with Crippen molar-refractivity contribution in [3.8, 4) is 5.69 Å². The van der Waals surface area contributed by atoms with E-state index in [-0.39, 0.29) is 5.82 Å². The molecule has 154 valence electrons. The van der Waals surface area contributed by atoms with Gasteiger partial charge in [0.2, 0.25) is 0 Å². The average Bonchev–Trinajstić information content (AvgIpc) is 2.98. The largest absolute Gasteiger partial charge is 0.329 e. The predicted molar refractivity (Wildman–Crippen MR) is 115 cm³/mol. The number of aryl methyl sites for hydroxylation is 3. The lowest BCUT2D eigenvalue weighted by Crippen LogP contribution is -2.32. The van der Waals surface area contributed by atoms with E-state index in [1.54, 1.807) is 18.2 Å². The lowest BCUT2D eigenvalue weighted by molar-refractivity contribution is -0.136. The van der Waals surface area contributed by atoms with Crippen LogP contribution in [0.5, 0.6) is 0 Å². The van der Waals surface area contributed by atoms with E-state index in [4.69, 9.17) is 0 Å². The molecule has 0 aliphatic heterocycles. The molecule has 0 radical (unpaired) electrons. The molecule has 0 saturated heterocycles. The number of rotatable bonds is 4. The molecule has 3 rings (SSSR count). The van der Waals surface area contributed by atoms with Crippen LogP contribution in [0.1, 0.15) is 28.1 Å². The van der Waals surface area contributed by atoms with Crippen molar-refractivity contribution < 1.29 is 14.0 Å². The zero-order valence-electron chi connectivity index (χ0n) is 17.3. The van der Waals surface area contributed by atoms with Crippen LogP contribution in [-0.4, -0.2) is 22.6 Å². The van der Waals surface area contributed by atoms with Gasteiger partial charge < -0.3 is 9.88 Å². The number of nitrogens with zero attached hydrogens (tertiary/aromatic N) is 2. The molecule has 0 atom stereocenters. The van der Waals surface area contributed by atoms with Gasteiger partial charge in [0, 0.05) is 28.3 Å². The van der Waals surface area contributed by atoms with Gasteiger partial charge in [-0.05, 0) is 75.2 Å². The van der Waals surface area contributed by atoms with Gasteiger partial charge in [-0.3, -0.25) is 9.59 Å². The first-order valence-corrected chi connectivity index (χ1v) is 9.43. The number of nitrogens with one attached hydrogen (secondary N) is 2. The fourth-order valence-corrected chi connectivity index (χ4v) is 3.17. The number of hydrogen-bond donors (Lipinski definition) is 2. The van der Waals surface area contributed by atoms with Crippen molar-refractivity contribution in [1.82, 2.24) is 9.99 Å². The second-order valence-corrected chi connectivity index (χ2v) is 7.11. The maximum Gasteiger partial charge on any atom is 0.329 e. The molecule has 0 fully saturated rings. The van der Waals surface area contributed by atoms with Gasteiger partial charge in [-0.2, -0.15) is 5.10 Å². The summed E-state index contributed by atoms with van der Waals surface area (Å²) in [6, 6.07) is 13.7. The Labute approximate surface area is 174 Å². The molecule has 0 bridgehead atoms. The molecule has 1 heterocycles. The summed E-state index contributed by atoms with van der Waals surface area (Å²) in [6.07, 6.45) is 1.48. The van der Waals surface area contributed by atoms with E-state index in [1.807, 2.05) is 50.5 Å². The minimum absolute atomic E-state index is 0.301. The highest BCUT2D eigenvalue weighted by atomic mass is 19.1. The summed E-state index contributed by atoms with van der Waals surface area (Å²) in [5, 5.41) is 6.50. The zero-order chi connectivity index (χ0) is 21.8. The Hall–Kier alpha value is -3.74. The topological polar surface area (TPSA) is 75.5 Å². The van der Waals surface area contributed by atoms with E-state index in [1.165, 1.54) is 18.3 Å². The zero-order valence-corrected chi connectivity index (χ0v) is 17.3. The number of aromatic nitrogens is 1. The van der Waals surface area contributed by atoms with Gasteiger partial charge >= 0.3 is 11.8 Å². The van der Waals surface area contributed by atoms with E-state index >= 15 is 0 Å². The SMILES string of the molecule is Cc1ccc(C)c(NC(=O)C(=O)N/N=C\c2cc(C)n(-c3ccc(F)cc3)c2C)c1. The lowest BCUT2D eigenvalue weighted by Gasteiger charge is -2.09. The standard InChI is InChI=1S/C23H23FN4O2/c1-14-5-6-15(2)21(11-14)26-22(29)23(30)27-25-13-18-12-16(3)28(17(18)4)20-9-7-19(24)8-10-20/h5-13H,1-4H3,(H,26,29)(H,27,30)/b25-13-. The van der Waals surface area contributed by atoms with Gasteiger partial charge in [0.1, 0.15) is 5.82 Å². The molecule has 6 nitrogen and oxygen atoms in total. The van der Waals surface area contributed by atoms with E-state index in [2.05, 4.69) is 15.8 Å². The average molecular weight is 406 g/mol. The number of carbonyl (C=O) groups is 2. The minimum atomic E-state index is -0.862. The lowest BCUT2D eigenvalue weighted by atomic mass is 10.1. The molecule has 0 aliphatic carbocycles. The summed E-state index contributed by atoms with van der Waals surface area (Å²) >= 11 is 0. The Morgan fingerprint density at radius 3 is 2.37 bits per heavy atom. The smallest absolute Gasteiger partial charge is 0.318 e. The molecule has 0 aliphatic rings. The van der Waals surface area contributed by atoms with Crippen LogP contribution in [0, 0.1) is 33.5 Å². The molecule has 30 heavy (non-hydrogen) atoms. The van der Waals surface area contributed by atoms with Crippen LogP contribution in [-0.2, 0) is 9.59 Å². The number of carbonyl (C=O) groups excluding carboxylic acids is 2. The van der Waals surface area contributed by atoms with Gasteiger partial charge in [-0.25, -0.2) is 9.82 Å². The fourth-order valence-electron chi connectivity index (χ4n) is 3.17. The maximum absolute atomic E-state index is 13.2. The van der Waals surface area contributed by atoms with Crippen LogP contribution in [0.2, 0.25) is 0 Å². The van der Waals surface area contributed by atoms with Crippen molar-refractivity contribution in [3.63, 3.8) is 0 Å². The number of hydrazone groups is 1. The Morgan fingerprint density at radius 2 is 1.67 bits per heavy atom. The number of anilines is 1. The van der Waals surface area contributed by atoms with Crippen LogP contribution in [0.15, 0.2) is 53.6 Å². The van der Waals surface area contributed by atoms with Crippen LogP contribution in [0.25, 0.3) is 5.69 Å². The molecule has 1 aromatic heterocycles. The second-order valence-electron chi connectivity index (χ2n) is 7.11. The first-order valence-electron chi connectivity index (χ1n) is 9.43. The highest BCUT2D eigenvalue weighted by molar-refractivity contribution is 6.39. The van der Waals surface area contributed by atoms with E-state index in [0.29, 0.717) is 5.69 Å². The van der Waals surface area contributed by atoms with Gasteiger partial charge in [-0.1, -0.05) is 12.1 Å². The van der Waals surface area contributed by atoms with Crippen molar-refractivity contribution in [3.05, 3.63) is 82.4 Å². The third kappa shape index (κ3) is 4.63. The second kappa shape index (κ2) is 8.73. The molecular weight excluding hydrogens is 383 g/mol. The van der Waals surface area contributed by atoms with Gasteiger partial charge in [0.15, 0.2) is 0 Å². The first-order chi connectivity index (χ1) is 14.3. The Morgan fingerprint density at radius 1 is 0.967 bits per heavy atom. The number of benzene rings is 2. The normalized spacial score (nSPS) is 11.0. The molecule has 2 aromatic carbocycles. The Bertz CT molecular complexity index is 1130. The molecule has 0 unspecified atom stereocenters. The van der Waals surface area contributed by atoms with Crippen LogP contribution in [0.4, 0.5) is 10.1 Å². The van der Waals surface area contributed by atoms with Crippen LogP contribution < -0.4 is 10.7 Å². The third-order valence-corrected chi connectivity index (χ3v) is 4.77. The molecule has 0 saturated carbocycles. The molecule has 7 heteroatoms. The molecule has 2 N–H and O–H groups in total. The molecule has 2 amide bonds. The summed E-state index contributed by atoms with van der Waals surface area (Å²) in [5.41, 5.74) is 8.07. The maximum atomic E-state index is 13.2. The highest BCUT2D eigenvalue weighted by Crippen LogP contribution is 2.20. The van der Waals surface area contributed by atoms with E-state index in [0.717, 1.165) is 33.8 Å². The fraction of sp³-hybridized carbons (Fsp3) is 0.174. The van der Waals surface area contributed by atoms with Crippen molar-refractivity contribution in [2.75, 3.05) is 5.32 Å². The number of halogens is 1.